The number of fused-ring (bicyclic) bond motifs is 4. The van der Waals surface area contributed by atoms with Gasteiger partial charge in [-0.05, 0) is 57.1 Å². The molecule has 3 aliphatic rings. The fourth-order valence-electron chi connectivity index (χ4n) is 4.25. The molecule has 0 unspecified atom stereocenters. The first-order valence-corrected chi connectivity index (χ1v) is 9.79. The monoisotopic (exact) mass is 351 g/mol. The molecule has 1 aromatic heterocycles. The molecule has 0 atom stereocenters. The Bertz CT molecular complexity index is 832. The van der Waals surface area contributed by atoms with E-state index in [4.69, 9.17) is 14.5 Å². The van der Waals surface area contributed by atoms with Gasteiger partial charge in [0.15, 0.2) is 11.5 Å². The highest BCUT2D eigenvalue weighted by molar-refractivity contribution is 6.17. The average molecular weight is 351 g/mol. The molecule has 0 aliphatic carbocycles. The Morgan fingerprint density at radius 1 is 1.00 bits per heavy atom. The van der Waals surface area contributed by atoms with Gasteiger partial charge < -0.3 is 18.9 Å². The van der Waals surface area contributed by atoms with Gasteiger partial charge >= 0.3 is 0 Å². The quantitative estimate of drug-likeness (QED) is 0.674. The van der Waals surface area contributed by atoms with E-state index in [9.17, 15) is 0 Å². The van der Waals surface area contributed by atoms with Gasteiger partial charge in [-0.3, -0.25) is 4.99 Å². The molecule has 4 heterocycles. The normalized spacial score (nSPS) is 20.2. The van der Waals surface area contributed by atoms with E-state index in [0.717, 1.165) is 48.0 Å². The van der Waals surface area contributed by atoms with Crippen LogP contribution >= 0.6 is 0 Å². The molecule has 0 saturated carbocycles. The van der Waals surface area contributed by atoms with Crippen LogP contribution in [-0.2, 0) is 0 Å². The molecule has 0 bridgehead atoms. The second-order valence-electron chi connectivity index (χ2n) is 7.33. The number of ether oxygens (including phenoxy) is 2. The second-order valence-corrected chi connectivity index (χ2v) is 7.33. The van der Waals surface area contributed by atoms with Crippen LogP contribution in [-0.4, -0.2) is 48.2 Å². The lowest BCUT2D eigenvalue weighted by molar-refractivity contribution is 0.174. The minimum atomic E-state index is 0.305. The third-order valence-electron chi connectivity index (χ3n) is 5.60. The summed E-state index contributed by atoms with van der Waals surface area (Å²) >= 11 is 0. The SMILES string of the molecule is c1cc2n(c1)-c1cc3c(cc1C2=NCCCN1CCCCCC1)OCO3. The Morgan fingerprint density at radius 2 is 1.81 bits per heavy atom. The molecule has 26 heavy (non-hydrogen) atoms. The molecule has 0 spiro atoms. The van der Waals surface area contributed by atoms with Crippen LogP contribution in [0, 0.1) is 0 Å². The van der Waals surface area contributed by atoms with Crippen LogP contribution in [0.1, 0.15) is 43.4 Å². The number of aromatic nitrogens is 1. The van der Waals surface area contributed by atoms with Crippen molar-refractivity contribution in [2.24, 2.45) is 4.99 Å². The van der Waals surface area contributed by atoms with Crippen molar-refractivity contribution in [3.05, 3.63) is 41.7 Å². The van der Waals surface area contributed by atoms with Crippen molar-refractivity contribution in [3.63, 3.8) is 0 Å². The number of likely N-dealkylation sites (tertiary alicyclic amines) is 1. The molecular weight excluding hydrogens is 326 g/mol. The molecule has 3 aliphatic heterocycles. The van der Waals surface area contributed by atoms with Gasteiger partial charge in [-0.25, -0.2) is 0 Å². The Morgan fingerprint density at radius 3 is 2.65 bits per heavy atom. The molecule has 1 fully saturated rings. The highest BCUT2D eigenvalue weighted by atomic mass is 16.7. The predicted molar refractivity (Wildman–Crippen MR) is 102 cm³/mol. The summed E-state index contributed by atoms with van der Waals surface area (Å²) in [6.45, 7) is 4.84. The average Bonchev–Trinajstić information content (AvgIpc) is 3.30. The van der Waals surface area contributed by atoms with Gasteiger partial charge in [0.05, 0.1) is 17.1 Å². The summed E-state index contributed by atoms with van der Waals surface area (Å²) in [5, 5.41) is 0. The maximum Gasteiger partial charge on any atom is 0.231 e. The molecule has 5 heteroatoms. The summed E-state index contributed by atoms with van der Waals surface area (Å²) in [7, 11) is 0. The zero-order valence-electron chi connectivity index (χ0n) is 15.1. The lowest BCUT2D eigenvalue weighted by Gasteiger charge is -2.18. The van der Waals surface area contributed by atoms with E-state index in [1.807, 2.05) is 0 Å². The fourth-order valence-corrected chi connectivity index (χ4v) is 4.25. The Balaban J connectivity index is 1.34. The van der Waals surface area contributed by atoms with Gasteiger partial charge in [0.25, 0.3) is 0 Å². The Hall–Kier alpha value is -2.27. The summed E-state index contributed by atoms with van der Waals surface area (Å²) in [5.74, 6) is 1.65. The molecule has 1 aromatic carbocycles. The first kappa shape index (κ1) is 15.9. The van der Waals surface area contributed by atoms with Gasteiger partial charge in [0.2, 0.25) is 6.79 Å². The minimum Gasteiger partial charge on any atom is -0.454 e. The van der Waals surface area contributed by atoms with Crippen LogP contribution in [0.4, 0.5) is 0 Å². The zero-order valence-corrected chi connectivity index (χ0v) is 15.1. The van der Waals surface area contributed by atoms with Gasteiger partial charge in [-0.2, -0.15) is 0 Å². The molecule has 0 amide bonds. The maximum absolute atomic E-state index is 5.57. The topological polar surface area (TPSA) is 39.0 Å². The van der Waals surface area contributed by atoms with Crippen molar-refractivity contribution in [2.75, 3.05) is 33.0 Å². The van der Waals surface area contributed by atoms with Crippen LogP contribution in [0.25, 0.3) is 5.69 Å². The summed E-state index contributed by atoms with van der Waals surface area (Å²) in [4.78, 5) is 7.59. The Labute approximate surface area is 154 Å². The number of hydrogen-bond acceptors (Lipinski definition) is 4. The molecule has 0 radical (unpaired) electrons. The van der Waals surface area contributed by atoms with Crippen molar-refractivity contribution in [2.45, 2.75) is 32.1 Å². The van der Waals surface area contributed by atoms with Crippen LogP contribution in [0.5, 0.6) is 11.5 Å². The van der Waals surface area contributed by atoms with Gasteiger partial charge in [0.1, 0.15) is 0 Å². The number of rotatable bonds is 4. The molecule has 5 nitrogen and oxygen atoms in total. The zero-order chi connectivity index (χ0) is 17.3. The molecule has 2 aromatic rings. The first-order valence-electron chi connectivity index (χ1n) is 9.79. The highest BCUT2D eigenvalue weighted by Gasteiger charge is 2.28. The number of aliphatic imine (C=N–C) groups is 1. The van der Waals surface area contributed by atoms with Crippen LogP contribution < -0.4 is 9.47 Å². The molecule has 1 saturated heterocycles. The van der Waals surface area contributed by atoms with Crippen molar-refractivity contribution < 1.29 is 9.47 Å². The summed E-state index contributed by atoms with van der Waals surface area (Å²) in [5.41, 5.74) is 4.54. The lowest BCUT2D eigenvalue weighted by Crippen LogP contribution is -2.26. The minimum absolute atomic E-state index is 0.305. The number of benzene rings is 1. The van der Waals surface area contributed by atoms with E-state index in [0.29, 0.717) is 6.79 Å². The summed E-state index contributed by atoms with van der Waals surface area (Å²) in [6, 6.07) is 8.37. The second kappa shape index (κ2) is 6.80. The van der Waals surface area contributed by atoms with Gasteiger partial charge in [-0.1, -0.05) is 12.8 Å². The highest BCUT2D eigenvalue weighted by Crippen LogP contribution is 2.40. The molecule has 5 rings (SSSR count). The van der Waals surface area contributed by atoms with E-state index in [2.05, 4.69) is 39.9 Å². The maximum atomic E-state index is 5.57. The fraction of sp³-hybridized carbons (Fsp3) is 0.476. The molecule has 0 N–H and O–H groups in total. The van der Waals surface area contributed by atoms with Crippen molar-refractivity contribution in [3.8, 4) is 17.2 Å². The van der Waals surface area contributed by atoms with E-state index in [1.165, 1.54) is 44.5 Å². The summed E-state index contributed by atoms with van der Waals surface area (Å²) < 4.78 is 13.3. The van der Waals surface area contributed by atoms with E-state index in [-0.39, 0.29) is 0 Å². The lowest BCUT2D eigenvalue weighted by atomic mass is 10.1. The largest absolute Gasteiger partial charge is 0.454 e. The van der Waals surface area contributed by atoms with Crippen molar-refractivity contribution in [1.29, 1.82) is 0 Å². The van der Waals surface area contributed by atoms with Crippen LogP contribution in [0.2, 0.25) is 0 Å². The molecule has 136 valence electrons. The van der Waals surface area contributed by atoms with Gasteiger partial charge in [0, 0.05) is 24.4 Å². The van der Waals surface area contributed by atoms with E-state index >= 15 is 0 Å². The van der Waals surface area contributed by atoms with Crippen molar-refractivity contribution in [1.82, 2.24) is 9.47 Å². The number of hydrogen-bond donors (Lipinski definition) is 0. The third kappa shape index (κ3) is 2.80. The van der Waals surface area contributed by atoms with E-state index in [1.54, 1.807) is 0 Å². The first-order chi connectivity index (χ1) is 12.9. The van der Waals surface area contributed by atoms with E-state index < -0.39 is 0 Å². The van der Waals surface area contributed by atoms with Crippen molar-refractivity contribution >= 4 is 5.71 Å². The van der Waals surface area contributed by atoms with Crippen LogP contribution in [0.15, 0.2) is 35.5 Å². The molecular formula is C21H25N3O2. The number of nitrogens with zero attached hydrogens (tertiary/aromatic N) is 3. The Kier molecular flexibility index (Phi) is 4.17. The summed E-state index contributed by atoms with van der Waals surface area (Å²) in [6.07, 6.45) is 8.69. The smallest absolute Gasteiger partial charge is 0.231 e. The standard InChI is InChI=1S/C21H25N3O2/c1-2-4-10-23(9-3-1)11-6-8-22-21-16-13-19-20(26-15-25-19)14-18(16)24-12-5-7-17(21)24/h5,7,12-14H,1-4,6,8-11,15H2. The predicted octanol–water partition coefficient (Wildman–Crippen LogP) is 3.62. The third-order valence-corrected chi connectivity index (χ3v) is 5.60. The van der Waals surface area contributed by atoms with Crippen LogP contribution in [0.3, 0.4) is 0 Å². The van der Waals surface area contributed by atoms with Gasteiger partial charge in [-0.15, -0.1) is 0 Å².